The minimum Gasteiger partial charge on any atom is -0.315 e. The predicted octanol–water partition coefficient (Wildman–Crippen LogP) is 0.954. The summed E-state index contributed by atoms with van der Waals surface area (Å²) in [5.41, 5.74) is 0.0967. The molecular formula is C11H15FN2O2S. The smallest absolute Gasteiger partial charge is 0.239 e. The van der Waals surface area contributed by atoms with Gasteiger partial charge in [0, 0.05) is 13.6 Å². The first-order valence-corrected chi connectivity index (χ1v) is 6.97. The van der Waals surface area contributed by atoms with Crippen LogP contribution in [0.3, 0.4) is 0 Å². The van der Waals surface area contributed by atoms with Crippen molar-refractivity contribution in [3.8, 4) is 0 Å². The van der Waals surface area contributed by atoms with E-state index in [-0.39, 0.29) is 5.69 Å². The first-order chi connectivity index (χ1) is 8.03. The molecule has 1 aliphatic heterocycles. The van der Waals surface area contributed by atoms with Gasteiger partial charge in [-0.05, 0) is 25.1 Å². The van der Waals surface area contributed by atoms with Crippen LogP contribution in [0.15, 0.2) is 24.3 Å². The third-order valence-corrected chi connectivity index (χ3v) is 5.21. The maximum absolute atomic E-state index is 13.5. The van der Waals surface area contributed by atoms with E-state index in [0.717, 1.165) is 4.31 Å². The van der Waals surface area contributed by atoms with Gasteiger partial charge in [-0.25, -0.2) is 12.8 Å². The van der Waals surface area contributed by atoms with Crippen LogP contribution in [0.2, 0.25) is 0 Å². The van der Waals surface area contributed by atoms with Gasteiger partial charge in [0.25, 0.3) is 0 Å². The number of para-hydroxylation sites is 1. The molecule has 1 aromatic carbocycles. The Morgan fingerprint density at radius 2 is 2.12 bits per heavy atom. The highest BCUT2D eigenvalue weighted by molar-refractivity contribution is 7.93. The number of hydrogen-bond acceptors (Lipinski definition) is 3. The highest BCUT2D eigenvalue weighted by Gasteiger charge is 2.33. The van der Waals surface area contributed by atoms with Gasteiger partial charge in [-0.15, -0.1) is 0 Å². The molecule has 1 N–H and O–H groups in total. The molecule has 6 heteroatoms. The SMILES string of the molecule is CN(c1ccccc1F)S(=O)(=O)C1CCNC1. The molecule has 0 bridgehead atoms. The largest absolute Gasteiger partial charge is 0.315 e. The number of halogens is 1. The zero-order valence-electron chi connectivity index (χ0n) is 9.56. The van der Waals surface area contributed by atoms with Crippen LogP contribution in [0, 0.1) is 5.82 Å². The van der Waals surface area contributed by atoms with Crippen molar-refractivity contribution in [3.63, 3.8) is 0 Å². The van der Waals surface area contributed by atoms with Crippen molar-refractivity contribution in [2.75, 3.05) is 24.4 Å². The first kappa shape index (κ1) is 12.3. The maximum atomic E-state index is 13.5. The van der Waals surface area contributed by atoms with Crippen LogP contribution in [-0.2, 0) is 10.0 Å². The normalized spacial score (nSPS) is 20.5. The highest BCUT2D eigenvalue weighted by Crippen LogP contribution is 2.23. The molecule has 0 spiro atoms. The fraction of sp³-hybridized carbons (Fsp3) is 0.455. The van der Waals surface area contributed by atoms with Crippen LogP contribution in [0.25, 0.3) is 0 Å². The summed E-state index contributed by atoms with van der Waals surface area (Å²) in [4.78, 5) is 0. The number of hydrogen-bond donors (Lipinski definition) is 1. The van der Waals surface area contributed by atoms with Crippen molar-refractivity contribution in [2.24, 2.45) is 0 Å². The fourth-order valence-electron chi connectivity index (χ4n) is 1.95. The second-order valence-corrected chi connectivity index (χ2v) is 6.32. The molecule has 4 nitrogen and oxygen atoms in total. The third kappa shape index (κ3) is 2.28. The molecule has 1 aliphatic rings. The zero-order valence-corrected chi connectivity index (χ0v) is 10.4. The van der Waals surface area contributed by atoms with Crippen molar-refractivity contribution in [2.45, 2.75) is 11.7 Å². The van der Waals surface area contributed by atoms with Gasteiger partial charge >= 0.3 is 0 Å². The molecule has 1 aromatic rings. The summed E-state index contributed by atoms with van der Waals surface area (Å²) >= 11 is 0. The lowest BCUT2D eigenvalue weighted by Crippen LogP contribution is -2.37. The first-order valence-electron chi connectivity index (χ1n) is 5.46. The molecule has 0 aliphatic carbocycles. The lowest BCUT2D eigenvalue weighted by molar-refractivity contribution is 0.577. The average molecular weight is 258 g/mol. The lowest BCUT2D eigenvalue weighted by atomic mass is 10.3. The Balaban J connectivity index is 2.31. The van der Waals surface area contributed by atoms with Crippen molar-refractivity contribution >= 4 is 15.7 Å². The number of rotatable bonds is 3. The van der Waals surface area contributed by atoms with Gasteiger partial charge in [0.2, 0.25) is 10.0 Å². The van der Waals surface area contributed by atoms with E-state index in [4.69, 9.17) is 0 Å². The number of anilines is 1. The zero-order chi connectivity index (χ0) is 12.5. The summed E-state index contributed by atoms with van der Waals surface area (Å²) in [7, 11) is -2.09. The van der Waals surface area contributed by atoms with Crippen LogP contribution < -0.4 is 9.62 Å². The second-order valence-electron chi connectivity index (χ2n) is 4.08. The van der Waals surface area contributed by atoms with Gasteiger partial charge in [-0.1, -0.05) is 12.1 Å². The summed E-state index contributed by atoms with van der Waals surface area (Å²) in [6.45, 7) is 1.12. The molecule has 1 atom stereocenters. The molecule has 1 saturated heterocycles. The molecule has 0 amide bonds. The number of benzene rings is 1. The summed E-state index contributed by atoms with van der Waals surface area (Å²) in [6.07, 6.45) is 0.571. The molecule has 1 fully saturated rings. The summed E-state index contributed by atoms with van der Waals surface area (Å²) in [5.74, 6) is -0.524. The summed E-state index contributed by atoms with van der Waals surface area (Å²) in [6, 6.07) is 5.89. The van der Waals surface area contributed by atoms with E-state index in [2.05, 4.69) is 5.32 Å². The number of nitrogens with zero attached hydrogens (tertiary/aromatic N) is 1. The summed E-state index contributed by atoms with van der Waals surface area (Å²) < 4.78 is 39.0. The molecule has 0 radical (unpaired) electrons. The van der Waals surface area contributed by atoms with Crippen molar-refractivity contribution in [1.29, 1.82) is 0 Å². The Morgan fingerprint density at radius 1 is 1.41 bits per heavy atom. The summed E-state index contributed by atoms with van der Waals surface area (Å²) in [5, 5.41) is 2.53. The van der Waals surface area contributed by atoms with Crippen LogP contribution in [-0.4, -0.2) is 33.8 Å². The van der Waals surface area contributed by atoms with E-state index in [0.29, 0.717) is 19.5 Å². The molecular weight excluding hydrogens is 243 g/mol. The standard InChI is InChI=1S/C11H15FN2O2S/c1-14(11-5-3-2-4-10(11)12)17(15,16)9-6-7-13-8-9/h2-5,9,13H,6-8H2,1H3. The minimum absolute atomic E-state index is 0.0967. The molecule has 2 rings (SSSR count). The molecule has 1 unspecified atom stereocenters. The third-order valence-electron chi connectivity index (χ3n) is 3.01. The van der Waals surface area contributed by atoms with Gasteiger partial charge in [-0.3, -0.25) is 4.31 Å². The Kier molecular flexibility index (Phi) is 3.35. The number of sulfonamides is 1. The highest BCUT2D eigenvalue weighted by atomic mass is 32.2. The topological polar surface area (TPSA) is 49.4 Å². The quantitative estimate of drug-likeness (QED) is 0.878. The Morgan fingerprint density at radius 3 is 2.71 bits per heavy atom. The van der Waals surface area contributed by atoms with Crippen LogP contribution in [0.4, 0.5) is 10.1 Å². The van der Waals surface area contributed by atoms with E-state index in [1.165, 1.54) is 25.2 Å². The van der Waals surface area contributed by atoms with Crippen LogP contribution >= 0.6 is 0 Å². The van der Waals surface area contributed by atoms with Gasteiger partial charge in [-0.2, -0.15) is 0 Å². The molecule has 1 heterocycles. The van der Waals surface area contributed by atoms with E-state index in [1.807, 2.05) is 0 Å². The van der Waals surface area contributed by atoms with Gasteiger partial charge < -0.3 is 5.32 Å². The van der Waals surface area contributed by atoms with Crippen LogP contribution in [0.1, 0.15) is 6.42 Å². The molecule has 17 heavy (non-hydrogen) atoms. The average Bonchev–Trinajstić information content (AvgIpc) is 2.83. The molecule has 0 aromatic heterocycles. The number of nitrogens with one attached hydrogen (secondary N) is 1. The Bertz CT molecular complexity index is 498. The Hall–Kier alpha value is -1.14. The minimum atomic E-state index is -3.48. The van der Waals surface area contributed by atoms with E-state index in [9.17, 15) is 12.8 Å². The van der Waals surface area contributed by atoms with Crippen molar-refractivity contribution in [1.82, 2.24) is 5.32 Å². The predicted molar refractivity (Wildman–Crippen MR) is 65.0 cm³/mol. The van der Waals surface area contributed by atoms with Gasteiger partial charge in [0.05, 0.1) is 10.9 Å². The fourth-order valence-corrected chi connectivity index (χ4v) is 3.56. The molecule has 94 valence electrons. The van der Waals surface area contributed by atoms with Crippen molar-refractivity contribution in [3.05, 3.63) is 30.1 Å². The Labute approximate surface area is 100 Å². The maximum Gasteiger partial charge on any atom is 0.239 e. The van der Waals surface area contributed by atoms with Gasteiger partial charge in [0.1, 0.15) is 5.82 Å². The van der Waals surface area contributed by atoms with E-state index in [1.54, 1.807) is 6.07 Å². The van der Waals surface area contributed by atoms with Crippen LogP contribution in [0.5, 0.6) is 0 Å². The monoisotopic (exact) mass is 258 g/mol. The van der Waals surface area contributed by atoms with Gasteiger partial charge in [0.15, 0.2) is 0 Å². The van der Waals surface area contributed by atoms with E-state index < -0.39 is 21.1 Å². The molecule has 0 saturated carbocycles. The van der Waals surface area contributed by atoms with E-state index >= 15 is 0 Å². The second kappa shape index (κ2) is 4.62. The van der Waals surface area contributed by atoms with Crippen molar-refractivity contribution < 1.29 is 12.8 Å². The lowest BCUT2D eigenvalue weighted by Gasteiger charge is -2.23.